The van der Waals surface area contributed by atoms with Crippen LogP contribution in [0.4, 0.5) is 0 Å². The van der Waals surface area contributed by atoms with Crippen LogP contribution in [0.3, 0.4) is 0 Å². The highest BCUT2D eigenvalue weighted by atomic mass is 32.2. The first-order chi connectivity index (χ1) is 8.43. The van der Waals surface area contributed by atoms with Crippen molar-refractivity contribution in [2.45, 2.75) is 95.6 Å². The molecule has 1 fully saturated rings. The summed E-state index contributed by atoms with van der Waals surface area (Å²) in [5.41, 5.74) is 0. The minimum Gasteiger partial charge on any atom is -0.159 e. The molecule has 1 heteroatoms. The van der Waals surface area contributed by atoms with Crippen LogP contribution in [0.25, 0.3) is 0 Å². The predicted molar refractivity (Wildman–Crippen MR) is 81.9 cm³/mol. The van der Waals surface area contributed by atoms with Crippen LogP contribution in [0.5, 0.6) is 0 Å². The van der Waals surface area contributed by atoms with E-state index in [0.29, 0.717) is 0 Å². The van der Waals surface area contributed by atoms with Crippen molar-refractivity contribution in [2.24, 2.45) is 0 Å². The first-order valence-corrected chi connectivity index (χ1v) is 9.10. The molecule has 102 valence electrons. The largest absolute Gasteiger partial charge is 0.159 e. The molecule has 0 aromatic rings. The van der Waals surface area contributed by atoms with Gasteiger partial charge in [-0.1, -0.05) is 77.6 Å². The Balaban J connectivity index is 1.64. The third kappa shape index (κ3) is 8.99. The predicted octanol–water partition coefficient (Wildman–Crippen LogP) is 6.19. The molecule has 17 heavy (non-hydrogen) atoms. The van der Waals surface area contributed by atoms with Gasteiger partial charge >= 0.3 is 0 Å². The van der Waals surface area contributed by atoms with E-state index >= 15 is 0 Å². The zero-order chi connectivity index (χ0) is 12.2. The van der Waals surface area contributed by atoms with Crippen molar-refractivity contribution < 1.29 is 0 Å². The van der Waals surface area contributed by atoms with E-state index in [1.165, 1.54) is 89.2 Å². The van der Waals surface area contributed by atoms with Crippen LogP contribution in [0.1, 0.15) is 90.4 Å². The molecule has 1 aliphatic rings. The van der Waals surface area contributed by atoms with Crippen molar-refractivity contribution in [3.8, 4) is 0 Å². The average molecular weight is 256 g/mol. The van der Waals surface area contributed by atoms with Gasteiger partial charge < -0.3 is 0 Å². The third-order valence-corrected chi connectivity index (χ3v) is 5.34. The maximum absolute atomic E-state index is 2.29. The highest BCUT2D eigenvalue weighted by molar-refractivity contribution is 8.01. The molecule has 0 saturated carbocycles. The maximum atomic E-state index is 2.29. The lowest BCUT2D eigenvalue weighted by Crippen LogP contribution is -2.14. The molecule has 0 aromatic heterocycles. The Bertz CT molecular complexity index is 152. The number of rotatable bonds is 12. The summed E-state index contributed by atoms with van der Waals surface area (Å²) in [5.74, 6) is 1.43. The van der Waals surface area contributed by atoms with E-state index in [4.69, 9.17) is 0 Å². The van der Waals surface area contributed by atoms with Crippen LogP contribution in [0, 0.1) is 0 Å². The van der Waals surface area contributed by atoms with Crippen molar-refractivity contribution >= 4 is 11.8 Å². The molecule has 0 spiro atoms. The number of thioether (sulfide) groups is 1. The summed E-state index contributed by atoms with van der Waals surface area (Å²) in [6.45, 7) is 2.29. The van der Waals surface area contributed by atoms with Gasteiger partial charge in [0.15, 0.2) is 0 Å². The Labute approximate surface area is 113 Å². The van der Waals surface area contributed by atoms with Crippen LogP contribution in [0.2, 0.25) is 0 Å². The monoisotopic (exact) mass is 256 g/mol. The zero-order valence-corrected chi connectivity index (χ0v) is 12.7. The van der Waals surface area contributed by atoms with E-state index in [1.54, 1.807) is 0 Å². The summed E-state index contributed by atoms with van der Waals surface area (Å²) < 4.78 is 0. The van der Waals surface area contributed by atoms with E-state index in [1.807, 2.05) is 0 Å². The molecule has 0 radical (unpaired) electrons. The molecule has 0 aromatic carbocycles. The van der Waals surface area contributed by atoms with Crippen molar-refractivity contribution in [2.75, 3.05) is 5.75 Å². The van der Waals surface area contributed by atoms with Gasteiger partial charge in [0.25, 0.3) is 0 Å². The van der Waals surface area contributed by atoms with E-state index in [2.05, 4.69) is 18.7 Å². The van der Waals surface area contributed by atoms with E-state index in [9.17, 15) is 0 Å². The average Bonchev–Trinajstić information content (AvgIpc) is 2.28. The summed E-state index contributed by atoms with van der Waals surface area (Å²) in [5, 5.41) is 1.05. The Morgan fingerprint density at radius 2 is 1.24 bits per heavy atom. The maximum Gasteiger partial charge on any atom is 0.00549 e. The van der Waals surface area contributed by atoms with Gasteiger partial charge in [-0.2, -0.15) is 11.8 Å². The first kappa shape index (κ1) is 15.4. The van der Waals surface area contributed by atoms with Gasteiger partial charge in [-0.05, 0) is 18.6 Å². The van der Waals surface area contributed by atoms with Crippen molar-refractivity contribution in [1.29, 1.82) is 0 Å². The van der Waals surface area contributed by atoms with Gasteiger partial charge in [0.1, 0.15) is 0 Å². The molecule has 0 aliphatic carbocycles. The zero-order valence-electron chi connectivity index (χ0n) is 11.9. The lowest BCUT2D eigenvalue weighted by Gasteiger charge is -2.24. The Hall–Kier alpha value is 0.350. The Morgan fingerprint density at radius 1 is 0.765 bits per heavy atom. The smallest absolute Gasteiger partial charge is 0.00549 e. The molecule has 0 nitrogen and oxygen atoms in total. The van der Waals surface area contributed by atoms with E-state index in [0.717, 1.165) is 5.25 Å². The van der Waals surface area contributed by atoms with Crippen LogP contribution >= 0.6 is 11.8 Å². The minimum absolute atomic E-state index is 1.05. The quantitative estimate of drug-likeness (QED) is 0.375. The normalized spacial score (nSPS) is 19.2. The number of hydrogen-bond donors (Lipinski definition) is 0. The van der Waals surface area contributed by atoms with Gasteiger partial charge in [-0.25, -0.2) is 0 Å². The highest BCUT2D eigenvalue weighted by Crippen LogP contribution is 2.31. The molecule has 0 bridgehead atoms. The molecule has 1 rings (SSSR count). The van der Waals surface area contributed by atoms with Crippen molar-refractivity contribution in [3.63, 3.8) is 0 Å². The fourth-order valence-electron chi connectivity index (χ4n) is 2.55. The summed E-state index contributed by atoms with van der Waals surface area (Å²) in [6, 6.07) is 0. The first-order valence-electron chi connectivity index (χ1n) is 8.05. The van der Waals surface area contributed by atoms with E-state index in [-0.39, 0.29) is 0 Å². The van der Waals surface area contributed by atoms with Crippen LogP contribution < -0.4 is 0 Å². The van der Waals surface area contributed by atoms with Gasteiger partial charge in [-0.15, -0.1) is 0 Å². The Morgan fingerprint density at radius 3 is 1.65 bits per heavy atom. The van der Waals surface area contributed by atoms with E-state index < -0.39 is 0 Å². The molecule has 1 aliphatic heterocycles. The molecule has 0 amide bonds. The van der Waals surface area contributed by atoms with Gasteiger partial charge in [0, 0.05) is 5.25 Å². The fraction of sp³-hybridized carbons (Fsp3) is 1.00. The summed E-state index contributed by atoms with van der Waals surface area (Å²) in [4.78, 5) is 0. The second-order valence-electron chi connectivity index (χ2n) is 5.61. The second-order valence-corrected chi connectivity index (χ2v) is 7.01. The summed E-state index contributed by atoms with van der Waals surface area (Å²) in [6.07, 6.45) is 19.2. The van der Waals surface area contributed by atoms with Gasteiger partial charge in [0.05, 0.1) is 0 Å². The van der Waals surface area contributed by atoms with Crippen LogP contribution in [-0.4, -0.2) is 11.0 Å². The molecule has 1 heterocycles. The standard InChI is InChI=1S/C16H32S/c1-2-3-4-5-6-7-8-9-10-11-12-13-16-14-15-17-16/h16H,2-15H2,1H3. The van der Waals surface area contributed by atoms with Crippen LogP contribution in [-0.2, 0) is 0 Å². The molecular formula is C16H32S. The molecule has 0 N–H and O–H groups in total. The van der Waals surface area contributed by atoms with Gasteiger partial charge in [-0.3, -0.25) is 0 Å². The number of unbranched alkanes of at least 4 members (excludes halogenated alkanes) is 10. The molecule has 1 atom stereocenters. The molecular weight excluding hydrogens is 224 g/mol. The summed E-state index contributed by atoms with van der Waals surface area (Å²) >= 11 is 2.19. The number of hydrogen-bond acceptors (Lipinski definition) is 1. The second kappa shape index (κ2) is 11.4. The topological polar surface area (TPSA) is 0 Å². The fourth-order valence-corrected chi connectivity index (χ4v) is 3.45. The van der Waals surface area contributed by atoms with Crippen molar-refractivity contribution in [1.82, 2.24) is 0 Å². The lowest BCUT2D eigenvalue weighted by molar-refractivity contribution is 0.538. The Kier molecular flexibility index (Phi) is 10.4. The van der Waals surface area contributed by atoms with Gasteiger partial charge in [0.2, 0.25) is 0 Å². The molecule has 1 unspecified atom stereocenters. The highest BCUT2D eigenvalue weighted by Gasteiger charge is 2.16. The lowest BCUT2D eigenvalue weighted by atomic mass is 10.0. The van der Waals surface area contributed by atoms with Crippen molar-refractivity contribution in [3.05, 3.63) is 0 Å². The third-order valence-electron chi connectivity index (χ3n) is 3.92. The summed E-state index contributed by atoms with van der Waals surface area (Å²) in [7, 11) is 0. The van der Waals surface area contributed by atoms with Crippen LogP contribution in [0.15, 0.2) is 0 Å². The molecule has 1 saturated heterocycles. The minimum atomic E-state index is 1.05. The SMILES string of the molecule is CCCCCCCCCCCCCC1CCS1.